The summed E-state index contributed by atoms with van der Waals surface area (Å²) in [6.07, 6.45) is 0.318. The van der Waals surface area contributed by atoms with Crippen molar-refractivity contribution in [3.05, 3.63) is 119 Å². The first-order valence-electron chi connectivity index (χ1n) is 20.7. The van der Waals surface area contributed by atoms with E-state index in [0.29, 0.717) is 12.2 Å². The summed E-state index contributed by atoms with van der Waals surface area (Å²) in [5, 5.41) is 0. The number of rotatable bonds is 12. The molecule has 59 heavy (non-hydrogen) atoms. The van der Waals surface area contributed by atoms with Crippen molar-refractivity contribution in [1.29, 1.82) is 0 Å². The highest BCUT2D eigenvalue weighted by Crippen LogP contribution is 2.39. The number of benzene rings is 4. The molecule has 0 unspecified atom stereocenters. The third-order valence-electron chi connectivity index (χ3n) is 8.83. The van der Waals surface area contributed by atoms with Gasteiger partial charge in [0, 0.05) is 17.3 Å². The van der Waals surface area contributed by atoms with Gasteiger partial charge in [0.1, 0.15) is 45.4 Å². The van der Waals surface area contributed by atoms with Gasteiger partial charge in [-0.05, 0) is 153 Å². The van der Waals surface area contributed by atoms with E-state index in [0.717, 1.165) is 33.9 Å². The van der Waals surface area contributed by atoms with Gasteiger partial charge in [0.2, 0.25) is 0 Å². The summed E-state index contributed by atoms with van der Waals surface area (Å²) in [5.41, 5.74) is 4.14. The maximum absolute atomic E-state index is 11.1. The first-order valence-corrected chi connectivity index (χ1v) is 22.3. The van der Waals surface area contributed by atoms with Crippen molar-refractivity contribution >= 4 is 7.82 Å². The molecule has 0 fully saturated rings. The minimum Gasteiger partial charge on any atom is -0.488 e. The van der Waals surface area contributed by atoms with Crippen molar-refractivity contribution < 1.29 is 37.8 Å². The molecule has 0 saturated carbocycles. The summed E-state index contributed by atoms with van der Waals surface area (Å²) in [6.45, 7) is 37.0. The predicted molar refractivity (Wildman–Crippen MR) is 245 cm³/mol. The molecule has 2 N–H and O–H groups in total. The van der Waals surface area contributed by atoms with Gasteiger partial charge in [-0.3, -0.25) is 4.52 Å². The summed E-state index contributed by atoms with van der Waals surface area (Å²) >= 11 is 0. The van der Waals surface area contributed by atoms with Crippen LogP contribution in [0.3, 0.4) is 0 Å². The molecule has 0 amide bonds. The lowest BCUT2D eigenvalue weighted by Crippen LogP contribution is -2.25. The van der Waals surface area contributed by atoms with Crippen molar-refractivity contribution in [2.75, 3.05) is 6.61 Å². The summed E-state index contributed by atoms with van der Waals surface area (Å²) in [7, 11) is -4.52. The van der Waals surface area contributed by atoms with Crippen LogP contribution in [0.15, 0.2) is 91.0 Å². The van der Waals surface area contributed by atoms with Gasteiger partial charge in [-0.15, -0.1) is 0 Å². The van der Waals surface area contributed by atoms with E-state index >= 15 is 0 Å². The molecule has 0 bridgehead atoms. The number of phosphoric ester groups is 1. The molecule has 4 aromatic rings. The molecule has 9 heteroatoms. The minimum atomic E-state index is -4.52. The van der Waals surface area contributed by atoms with Gasteiger partial charge in [0.25, 0.3) is 0 Å². The van der Waals surface area contributed by atoms with Crippen LogP contribution < -0.4 is 18.9 Å². The Morgan fingerprint density at radius 1 is 0.441 bits per heavy atom. The minimum absolute atomic E-state index is 0.0828. The fourth-order valence-corrected chi connectivity index (χ4v) is 6.41. The Bertz CT molecular complexity index is 1850. The lowest BCUT2D eigenvalue weighted by molar-refractivity contribution is 0.128. The Kier molecular flexibility index (Phi) is 17.5. The first-order chi connectivity index (χ1) is 26.8. The molecule has 0 atom stereocenters. The molecule has 328 valence electrons. The van der Waals surface area contributed by atoms with Crippen LogP contribution in [-0.2, 0) is 26.3 Å². The molecule has 0 aliphatic rings. The molecule has 4 aromatic carbocycles. The lowest BCUT2D eigenvalue weighted by Gasteiger charge is -2.29. The predicted octanol–water partition coefficient (Wildman–Crippen LogP) is 13.4. The van der Waals surface area contributed by atoms with Crippen LogP contribution in [-0.4, -0.2) is 38.8 Å². The van der Waals surface area contributed by atoms with E-state index in [1.807, 2.05) is 85.7 Å². The van der Waals surface area contributed by atoms with Gasteiger partial charge in [0.15, 0.2) is 0 Å². The number of ether oxygens (including phenoxy) is 4. The van der Waals surface area contributed by atoms with Crippen LogP contribution >= 0.6 is 7.82 Å². The molecule has 0 heterocycles. The van der Waals surface area contributed by atoms with Gasteiger partial charge in [0.05, 0.1) is 6.61 Å². The van der Waals surface area contributed by atoms with Crippen LogP contribution in [0.4, 0.5) is 0 Å². The topological polar surface area (TPSA) is 104 Å². The SMILES string of the molecule is CC.CC(C)(C)Oc1ccc(C(C)(C)c2ccc(OC(C)(C)C)c(CCOP(=O)(O)O)c2)cc1.CC(C)(C)Oc1ccc(C(C)(C)c2ccc(OC(C)(C)C)cc2)cc1. The maximum atomic E-state index is 11.1. The Balaban J connectivity index is 0.000000401. The summed E-state index contributed by atoms with van der Waals surface area (Å²) in [6, 6.07) is 30.9. The van der Waals surface area contributed by atoms with Gasteiger partial charge >= 0.3 is 7.82 Å². The fourth-order valence-electron chi connectivity index (χ4n) is 6.08. The van der Waals surface area contributed by atoms with E-state index in [9.17, 15) is 4.57 Å². The molecule has 0 spiro atoms. The van der Waals surface area contributed by atoms with E-state index in [1.165, 1.54) is 11.1 Å². The number of hydrogen-bond acceptors (Lipinski definition) is 6. The molecule has 8 nitrogen and oxygen atoms in total. The average Bonchev–Trinajstić information content (AvgIpc) is 3.07. The standard InChI is InChI=1S/C25H37O6P.C23H32O2.C2H6/c1-23(2,3)30-21-12-9-19(10-13-21)25(7,8)20-11-14-22(31-24(4,5)6)18(17-20)15-16-29-32(26,27)28;1-21(2,3)24-19-13-9-17(10-14-19)23(7,8)18-11-15-20(16-12-18)25-22(4,5)6;1-2/h9-14,17H,15-16H2,1-8H3,(H2,26,27,28);9-16H,1-8H3;1-2H3. The highest BCUT2D eigenvalue weighted by Gasteiger charge is 2.27. The quantitative estimate of drug-likeness (QED) is 0.136. The summed E-state index contributed by atoms with van der Waals surface area (Å²) in [5.74, 6) is 3.31. The number of hydrogen-bond donors (Lipinski definition) is 2. The third-order valence-corrected chi connectivity index (χ3v) is 9.35. The van der Waals surface area contributed by atoms with Gasteiger partial charge in [-0.25, -0.2) is 4.57 Å². The normalized spacial score (nSPS) is 12.7. The highest BCUT2D eigenvalue weighted by molar-refractivity contribution is 7.46. The number of phosphoric acid groups is 1. The van der Waals surface area contributed by atoms with Gasteiger partial charge in [-0.1, -0.05) is 90.1 Å². The van der Waals surface area contributed by atoms with Crippen LogP contribution in [0.1, 0.15) is 152 Å². The van der Waals surface area contributed by atoms with Crippen LogP contribution in [0, 0.1) is 0 Å². The molecule has 0 aliphatic carbocycles. The Hall–Kier alpha value is -3.81. The van der Waals surface area contributed by atoms with E-state index in [-0.39, 0.29) is 34.2 Å². The largest absolute Gasteiger partial charge is 0.488 e. The third kappa shape index (κ3) is 18.1. The van der Waals surface area contributed by atoms with E-state index in [2.05, 4.69) is 134 Å². The maximum Gasteiger partial charge on any atom is 0.469 e. The second-order valence-electron chi connectivity index (χ2n) is 19.6. The zero-order valence-corrected chi connectivity index (χ0v) is 40.3. The van der Waals surface area contributed by atoms with E-state index in [1.54, 1.807) is 0 Å². The van der Waals surface area contributed by atoms with Crippen LogP contribution in [0.25, 0.3) is 0 Å². The smallest absolute Gasteiger partial charge is 0.469 e. The molecule has 0 aliphatic heterocycles. The highest BCUT2D eigenvalue weighted by atomic mass is 31.2. The molecule has 0 radical (unpaired) electrons. The summed E-state index contributed by atoms with van der Waals surface area (Å²) < 4.78 is 39.6. The first kappa shape index (κ1) is 51.3. The molecule has 0 saturated heterocycles. The molecule has 0 aromatic heterocycles. The summed E-state index contributed by atoms with van der Waals surface area (Å²) in [4.78, 5) is 18.0. The fraction of sp³-hybridized carbons (Fsp3) is 0.520. The Labute approximate surface area is 357 Å². The van der Waals surface area contributed by atoms with Crippen LogP contribution in [0.5, 0.6) is 23.0 Å². The zero-order valence-electron chi connectivity index (χ0n) is 39.4. The van der Waals surface area contributed by atoms with Crippen molar-refractivity contribution in [1.82, 2.24) is 0 Å². The average molecular weight is 835 g/mol. The van der Waals surface area contributed by atoms with Crippen LogP contribution in [0.2, 0.25) is 0 Å². The second-order valence-corrected chi connectivity index (χ2v) is 20.8. The van der Waals surface area contributed by atoms with E-state index in [4.69, 9.17) is 28.7 Å². The Morgan fingerprint density at radius 2 is 0.729 bits per heavy atom. The molecular weight excluding hydrogens is 760 g/mol. The molecular formula is C50H75O8P. The van der Waals surface area contributed by atoms with Crippen molar-refractivity contribution in [3.63, 3.8) is 0 Å². The van der Waals surface area contributed by atoms with E-state index < -0.39 is 13.4 Å². The van der Waals surface area contributed by atoms with Crippen molar-refractivity contribution in [3.8, 4) is 23.0 Å². The van der Waals surface area contributed by atoms with Gasteiger partial charge < -0.3 is 28.7 Å². The lowest BCUT2D eigenvalue weighted by atomic mass is 9.77. The van der Waals surface area contributed by atoms with Crippen molar-refractivity contribution in [2.45, 2.75) is 164 Å². The molecule has 4 rings (SSSR count). The Morgan fingerprint density at radius 3 is 1.02 bits per heavy atom. The monoisotopic (exact) mass is 835 g/mol. The van der Waals surface area contributed by atoms with Crippen molar-refractivity contribution in [2.24, 2.45) is 0 Å². The second kappa shape index (κ2) is 20.2. The van der Waals surface area contributed by atoms with Gasteiger partial charge in [-0.2, -0.15) is 0 Å². The zero-order chi connectivity index (χ0) is 45.3.